The van der Waals surface area contributed by atoms with Crippen molar-refractivity contribution < 1.29 is 17.6 Å². The van der Waals surface area contributed by atoms with Crippen molar-refractivity contribution in [1.82, 2.24) is 9.21 Å². The molecule has 0 saturated carbocycles. The summed E-state index contributed by atoms with van der Waals surface area (Å²) in [6, 6.07) is 25.6. The molecule has 4 rings (SSSR count). The van der Waals surface area contributed by atoms with Crippen LogP contribution in [0, 0.1) is 0 Å². The molecule has 0 fully saturated rings. The van der Waals surface area contributed by atoms with E-state index >= 15 is 0 Å². The summed E-state index contributed by atoms with van der Waals surface area (Å²) in [6.45, 7) is 3.96. The van der Waals surface area contributed by atoms with Crippen molar-refractivity contribution in [3.63, 3.8) is 0 Å². The molecule has 0 saturated heterocycles. The number of furan rings is 1. The van der Waals surface area contributed by atoms with Crippen LogP contribution < -0.4 is 0 Å². The third-order valence-electron chi connectivity index (χ3n) is 5.51. The Hall–Kier alpha value is -3.68. The highest BCUT2D eigenvalue weighted by atomic mass is 32.2. The predicted molar refractivity (Wildman–Crippen MR) is 132 cm³/mol. The van der Waals surface area contributed by atoms with Gasteiger partial charge in [0.25, 0.3) is 0 Å². The van der Waals surface area contributed by atoms with Crippen LogP contribution in [0.5, 0.6) is 0 Å². The number of hydrogen-bond acceptors (Lipinski definition) is 4. The Kier molecular flexibility index (Phi) is 7.25. The Labute approximate surface area is 199 Å². The molecule has 0 bridgehead atoms. The first-order chi connectivity index (χ1) is 16.5. The van der Waals surface area contributed by atoms with Gasteiger partial charge in [-0.25, -0.2) is 8.42 Å². The number of fused-ring (bicyclic) bond motifs is 1. The number of amides is 1. The topological polar surface area (TPSA) is 70.8 Å². The van der Waals surface area contributed by atoms with Crippen molar-refractivity contribution in [2.45, 2.75) is 18.0 Å². The van der Waals surface area contributed by atoms with Crippen LogP contribution in [-0.2, 0) is 27.9 Å². The molecule has 3 aromatic carbocycles. The second-order valence-corrected chi connectivity index (χ2v) is 9.78. The highest BCUT2D eigenvalue weighted by molar-refractivity contribution is 7.89. The van der Waals surface area contributed by atoms with Crippen LogP contribution in [0.2, 0.25) is 0 Å². The van der Waals surface area contributed by atoms with E-state index in [0.717, 1.165) is 10.9 Å². The van der Waals surface area contributed by atoms with E-state index in [-0.39, 0.29) is 30.4 Å². The first-order valence-electron chi connectivity index (χ1n) is 10.9. The van der Waals surface area contributed by atoms with Crippen molar-refractivity contribution in [3.8, 4) is 0 Å². The molecule has 0 aliphatic rings. The van der Waals surface area contributed by atoms with Gasteiger partial charge in [-0.2, -0.15) is 4.31 Å². The zero-order valence-corrected chi connectivity index (χ0v) is 19.5. The standard InChI is InChI=1S/C27H26N2O4S/c1-2-17-29(34(31,32)26-16-8-13-23-12-6-7-15-25(23)26)21-27(30)28(20-24-14-9-18-33-24)19-22-10-4-3-5-11-22/h2-16,18H,1,17,19-21H2. The fourth-order valence-corrected chi connectivity index (χ4v) is 5.40. The zero-order chi connectivity index (χ0) is 24.0. The number of rotatable bonds is 10. The Balaban J connectivity index is 1.64. The predicted octanol–water partition coefficient (Wildman–Crippen LogP) is 4.84. The molecule has 174 valence electrons. The molecule has 0 radical (unpaired) electrons. The number of hydrogen-bond donors (Lipinski definition) is 0. The Morgan fingerprint density at radius 1 is 0.882 bits per heavy atom. The van der Waals surface area contributed by atoms with E-state index in [1.54, 1.807) is 47.6 Å². The van der Waals surface area contributed by atoms with Crippen molar-refractivity contribution in [2.24, 2.45) is 0 Å². The molecule has 34 heavy (non-hydrogen) atoms. The summed E-state index contributed by atoms with van der Waals surface area (Å²) in [7, 11) is -3.96. The zero-order valence-electron chi connectivity index (χ0n) is 18.7. The Morgan fingerprint density at radius 3 is 2.35 bits per heavy atom. The van der Waals surface area contributed by atoms with E-state index in [4.69, 9.17) is 4.42 Å². The van der Waals surface area contributed by atoms with Crippen LogP contribution >= 0.6 is 0 Å². The van der Waals surface area contributed by atoms with E-state index in [2.05, 4.69) is 6.58 Å². The minimum absolute atomic E-state index is 0.0111. The molecular weight excluding hydrogens is 448 g/mol. The first-order valence-corrected chi connectivity index (χ1v) is 12.4. The minimum atomic E-state index is -3.96. The average molecular weight is 475 g/mol. The van der Waals surface area contributed by atoms with Crippen molar-refractivity contribution in [1.29, 1.82) is 0 Å². The fraction of sp³-hybridized carbons (Fsp3) is 0.148. The van der Waals surface area contributed by atoms with Gasteiger partial charge >= 0.3 is 0 Å². The van der Waals surface area contributed by atoms with E-state index in [1.807, 2.05) is 48.5 Å². The van der Waals surface area contributed by atoms with Crippen LogP contribution in [0.25, 0.3) is 10.8 Å². The Bertz CT molecular complexity index is 1360. The number of carbonyl (C=O) groups is 1. The number of benzene rings is 3. The molecule has 0 aliphatic carbocycles. The lowest BCUT2D eigenvalue weighted by molar-refractivity contribution is -0.132. The maximum atomic E-state index is 13.7. The molecule has 0 aliphatic heterocycles. The summed E-state index contributed by atoms with van der Waals surface area (Å²) < 4.78 is 33.9. The lowest BCUT2D eigenvalue weighted by Gasteiger charge is -2.26. The molecule has 1 aromatic heterocycles. The third kappa shape index (κ3) is 5.27. The van der Waals surface area contributed by atoms with E-state index in [1.165, 1.54) is 10.4 Å². The minimum Gasteiger partial charge on any atom is -0.467 e. The fourth-order valence-electron chi connectivity index (χ4n) is 3.83. The highest BCUT2D eigenvalue weighted by Crippen LogP contribution is 2.26. The van der Waals surface area contributed by atoms with Gasteiger partial charge in [-0.05, 0) is 29.1 Å². The summed E-state index contributed by atoms with van der Waals surface area (Å²) in [6.07, 6.45) is 3.04. The van der Waals surface area contributed by atoms with Gasteiger partial charge in [0.05, 0.1) is 24.2 Å². The lowest BCUT2D eigenvalue weighted by atomic mass is 10.1. The molecule has 0 unspecified atom stereocenters. The summed E-state index contributed by atoms with van der Waals surface area (Å²) in [5.41, 5.74) is 0.939. The summed E-state index contributed by atoms with van der Waals surface area (Å²) in [4.78, 5) is 15.2. The van der Waals surface area contributed by atoms with Crippen LogP contribution in [0.4, 0.5) is 0 Å². The van der Waals surface area contributed by atoms with E-state index in [9.17, 15) is 13.2 Å². The van der Waals surface area contributed by atoms with Gasteiger partial charge in [-0.1, -0.05) is 72.8 Å². The van der Waals surface area contributed by atoms with Gasteiger partial charge < -0.3 is 9.32 Å². The Morgan fingerprint density at radius 2 is 1.62 bits per heavy atom. The van der Waals surface area contributed by atoms with Gasteiger partial charge in [0.2, 0.25) is 15.9 Å². The van der Waals surface area contributed by atoms with Crippen molar-refractivity contribution in [3.05, 3.63) is 115 Å². The number of carbonyl (C=O) groups excluding carboxylic acids is 1. The monoisotopic (exact) mass is 474 g/mol. The second kappa shape index (κ2) is 10.5. The summed E-state index contributed by atoms with van der Waals surface area (Å²) in [5, 5.41) is 1.43. The average Bonchev–Trinajstić information content (AvgIpc) is 3.37. The second-order valence-electron chi connectivity index (χ2n) is 7.88. The molecule has 6 nitrogen and oxygen atoms in total. The molecule has 1 heterocycles. The third-order valence-corrected chi connectivity index (χ3v) is 7.38. The van der Waals surface area contributed by atoms with Gasteiger partial charge in [0.1, 0.15) is 5.76 Å². The molecule has 4 aromatic rings. The van der Waals surface area contributed by atoms with E-state index < -0.39 is 10.0 Å². The maximum Gasteiger partial charge on any atom is 0.244 e. The normalized spacial score (nSPS) is 11.6. The molecule has 7 heteroatoms. The van der Waals surface area contributed by atoms with Gasteiger partial charge in [0, 0.05) is 18.5 Å². The summed E-state index contributed by atoms with van der Waals surface area (Å²) in [5.74, 6) is 0.294. The first kappa shape index (κ1) is 23.5. The van der Waals surface area contributed by atoms with Gasteiger partial charge in [0.15, 0.2) is 0 Å². The van der Waals surface area contributed by atoms with Crippen molar-refractivity contribution in [2.75, 3.05) is 13.1 Å². The molecule has 0 atom stereocenters. The van der Waals surface area contributed by atoms with Crippen molar-refractivity contribution >= 4 is 26.7 Å². The van der Waals surface area contributed by atoms with E-state index in [0.29, 0.717) is 17.7 Å². The summed E-state index contributed by atoms with van der Waals surface area (Å²) >= 11 is 0. The van der Waals surface area contributed by atoms with Crippen LogP contribution in [0.1, 0.15) is 11.3 Å². The molecular formula is C27H26N2O4S. The quantitative estimate of drug-likeness (QED) is 0.309. The SMILES string of the molecule is C=CCN(CC(=O)N(Cc1ccccc1)Cc1ccco1)S(=O)(=O)c1cccc2ccccc12. The highest BCUT2D eigenvalue weighted by Gasteiger charge is 2.29. The van der Waals surface area contributed by atoms with Crippen LogP contribution in [0.15, 0.2) is 113 Å². The maximum absolute atomic E-state index is 13.7. The molecule has 1 amide bonds. The van der Waals surface area contributed by atoms with Crippen LogP contribution in [0.3, 0.4) is 0 Å². The smallest absolute Gasteiger partial charge is 0.244 e. The van der Waals surface area contributed by atoms with Gasteiger partial charge in [-0.3, -0.25) is 4.79 Å². The largest absolute Gasteiger partial charge is 0.467 e. The molecule has 0 N–H and O–H groups in total. The number of sulfonamides is 1. The van der Waals surface area contributed by atoms with Gasteiger partial charge in [-0.15, -0.1) is 6.58 Å². The number of nitrogens with zero attached hydrogens (tertiary/aromatic N) is 2. The van der Waals surface area contributed by atoms with Crippen LogP contribution in [-0.4, -0.2) is 36.6 Å². The molecule has 0 spiro atoms. The lowest BCUT2D eigenvalue weighted by Crippen LogP contribution is -2.42.